The molecule has 0 spiro atoms. The van der Waals surface area contributed by atoms with Crippen LogP contribution in [0.15, 0.2) is 40.9 Å². The van der Waals surface area contributed by atoms with E-state index in [4.69, 9.17) is 4.74 Å². The number of hydrazone groups is 1. The highest BCUT2D eigenvalue weighted by molar-refractivity contribution is 7.13. The van der Waals surface area contributed by atoms with Crippen LogP contribution in [-0.4, -0.2) is 17.8 Å². The van der Waals surface area contributed by atoms with E-state index in [0.29, 0.717) is 0 Å². The van der Waals surface area contributed by atoms with Gasteiger partial charge in [-0.2, -0.15) is 5.10 Å². The van der Waals surface area contributed by atoms with Crippen LogP contribution < -0.4 is 10.2 Å². The van der Waals surface area contributed by atoms with E-state index in [1.54, 1.807) is 12.4 Å². The molecule has 0 aliphatic carbocycles. The second-order valence-corrected chi connectivity index (χ2v) is 4.87. The molecule has 0 saturated carbocycles. The number of aromatic nitrogens is 1. The topological polar surface area (TPSA) is 46.5 Å². The number of rotatable bonds is 7. The number of nitrogens with zero attached hydrogens (tertiary/aromatic N) is 2. The molecule has 100 valence electrons. The van der Waals surface area contributed by atoms with Gasteiger partial charge in [0.05, 0.1) is 12.8 Å². The van der Waals surface area contributed by atoms with Gasteiger partial charge in [-0.25, -0.2) is 4.98 Å². The third-order valence-electron chi connectivity index (χ3n) is 2.45. The van der Waals surface area contributed by atoms with Gasteiger partial charge in [-0.1, -0.05) is 13.3 Å². The number of benzene rings is 1. The fourth-order valence-corrected chi connectivity index (χ4v) is 1.90. The second kappa shape index (κ2) is 7.53. The summed E-state index contributed by atoms with van der Waals surface area (Å²) >= 11 is 1.52. The van der Waals surface area contributed by atoms with Crippen LogP contribution in [-0.2, 0) is 0 Å². The van der Waals surface area contributed by atoms with Crippen molar-refractivity contribution in [3.05, 3.63) is 41.4 Å². The summed E-state index contributed by atoms with van der Waals surface area (Å²) < 4.78 is 5.60. The first-order valence-corrected chi connectivity index (χ1v) is 7.18. The molecule has 1 aromatic carbocycles. The SMILES string of the molecule is CCCCOc1ccc(/C=N\Nc2nccs2)cc1. The van der Waals surface area contributed by atoms with Crippen molar-refractivity contribution in [2.24, 2.45) is 5.10 Å². The number of ether oxygens (including phenoxy) is 1. The van der Waals surface area contributed by atoms with Crippen LogP contribution in [0.25, 0.3) is 0 Å². The first kappa shape index (κ1) is 13.5. The number of thiazole rings is 1. The Labute approximate surface area is 117 Å². The van der Waals surface area contributed by atoms with E-state index >= 15 is 0 Å². The molecule has 0 radical (unpaired) electrons. The molecule has 0 unspecified atom stereocenters. The summed E-state index contributed by atoms with van der Waals surface area (Å²) in [5.74, 6) is 0.901. The van der Waals surface area contributed by atoms with E-state index in [0.717, 1.165) is 35.9 Å². The van der Waals surface area contributed by atoms with E-state index < -0.39 is 0 Å². The minimum atomic E-state index is 0.773. The fourth-order valence-electron chi connectivity index (χ4n) is 1.43. The molecule has 0 amide bonds. The highest BCUT2D eigenvalue weighted by atomic mass is 32.1. The maximum Gasteiger partial charge on any atom is 0.203 e. The van der Waals surface area contributed by atoms with Gasteiger partial charge in [0.25, 0.3) is 0 Å². The van der Waals surface area contributed by atoms with Crippen molar-refractivity contribution in [1.29, 1.82) is 0 Å². The van der Waals surface area contributed by atoms with Crippen LogP contribution in [0.1, 0.15) is 25.3 Å². The maximum atomic E-state index is 5.60. The molecule has 0 bridgehead atoms. The summed E-state index contributed by atoms with van der Waals surface area (Å²) in [7, 11) is 0. The minimum absolute atomic E-state index is 0.773. The normalized spacial score (nSPS) is 10.8. The zero-order chi connectivity index (χ0) is 13.3. The minimum Gasteiger partial charge on any atom is -0.494 e. The number of hydrogen-bond acceptors (Lipinski definition) is 5. The van der Waals surface area contributed by atoms with E-state index in [9.17, 15) is 0 Å². The molecular formula is C14H17N3OS. The van der Waals surface area contributed by atoms with Gasteiger partial charge >= 0.3 is 0 Å². The first-order valence-electron chi connectivity index (χ1n) is 6.30. The smallest absolute Gasteiger partial charge is 0.203 e. The number of nitrogens with one attached hydrogen (secondary N) is 1. The Morgan fingerprint density at radius 3 is 2.89 bits per heavy atom. The summed E-state index contributed by atoms with van der Waals surface area (Å²) in [6.07, 6.45) is 5.73. The van der Waals surface area contributed by atoms with Crippen molar-refractivity contribution >= 4 is 22.7 Å². The average molecular weight is 275 g/mol. The Morgan fingerprint density at radius 1 is 1.37 bits per heavy atom. The molecule has 0 aliphatic heterocycles. The first-order chi connectivity index (χ1) is 9.38. The molecule has 0 aliphatic rings. The van der Waals surface area contributed by atoms with Crippen molar-refractivity contribution in [2.45, 2.75) is 19.8 Å². The lowest BCUT2D eigenvalue weighted by Gasteiger charge is -2.04. The van der Waals surface area contributed by atoms with Crippen molar-refractivity contribution in [1.82, 2.24) is 4.98 Å². The Bertz CT molecular complexity index is 494. The molecule has 2 rings (SSSR count). The van der Waals surface area contributed by atoms with Gasteiger partial charge < -0.3 is 4.74 Å². The lowest BCUT2D eigenvalue weighted by Crippen LogP contribution is -1.96. The van der Waals surface area contributed by atoms with Gasteiger partial charge in [-0.15, -0.1) is 11.3 Å². The Morgan fingerprint density at radius 2 is 2.21 bits per heavy atom. The quantitative estimate of drug-likeness (QED) is 0.475. The zero-order valence-electron chi connectivity index (χ0n) is 10.9. The summed E-state index contributed by atoms with van der Waals surface area (Å²) in [6, 6.07) is 7.88. The Balaban J connectivity index is 1.82. The Hall–Kier alpha value is -1.88. The maximum absolute atomic E-state index is 5.60. The van der Waals surface area contributed by atoms with Crippen molar-refractivity contribution < 1.29 is 4.74 Å². The third kappa shape index (κ3) is 4.71. The monoisotopic (exact) mass is 275 g/mol. The van der Waals surface area contributed by atoms with Gasteiger partial charge in [0, 0.05) is 11.6 Å². The van der Waals surface area contributed by atoms with Gasteiger partial charge in [0.2, 0.25) is 5.13 Å². The second-order valence-electron chi connectivity index (χ2n) is 3.98. The van der Waals surface area contributed by atoms with Gasteiger partial charge in [-0.3, -0.25) is 5.43 Å². The lowest BCUT2D eigenvalue weighted by molar-refractivity contribution is 0.309. The standard InChI is InChI=1S/C14H17N3OS/c1-2-3-9-18-13-6-4-12(5-7-13)11-16-17-14-15-8-10-19-14/h4-8,10-11H,2-3,9H2,1H3,(H,15,17)/b16-11-. The molecule has 0 atom stereocenters. The molecule has 2 aromatic rings. The molecule has 0 saturated heterocycles. The summed E-state index contributed by atoms with van der Waals surface area (Å²) in [5, 5.41) is 6.81. The molecule has 1 heterocycles. The molecule has 0 fully saturated rings. The summed E-state index contributed by atoms with van der Waals surface area (Å²) in [5.41, 5.74) is 3.90. The molecule has 1 N–H and O–H groups in total. The number of hydrogen-bond donors (Lipinski definition) is 1. The zero-order valence-corrected chi connectivity index (χ0v) is 11.7. The molecule has 5 heteroatoms. The average Bonchev–Trinajstić information content (AvgIpc) is 2.94. The number of unbranched alkanes of at least 4 members (excludes halogenated alkanes) is 1. The van der Waals surface area contributed by atoms with Gasteiger partial charge in [0.1, 0.15) is 5.75 Å². The largest absolute Gasteiger partial charge is 0.494 e. The third-order valence-corrected chi connectivity index (χ3v) is 3.13. The molecule has 19 heavy (non-hydrogen) atoms. The Kier molecular flexibility index (Phi) is 5.37. The highest BCUT2D eigenvalue weighted by Crippen LogP contribution is 2.12. The summed E-state index contributed by atoms with van der Waals surface area (Å²) in [6.45, 7) is 2.92. The molecule has 4 nitrogen and oxygen atoms in total. The van der Waals surface area contributed by atoms with Crippen molar-refractivity contribution in [3.63, 3.8) is 0 Å². The van der Waals surface area contributed by atoms with Crippen LogP contribution in [0, 0.1) is 0 Å². The van der Waals surface area contributed by atoms with Crippen LogP contribution in [0.4, 0.5) is 5.13 Å². The van der Waals surface area contributed by atoms with Crippen LogP contribution >= 0.6 is 11.3 Å². The number of anilines is 1. The van der Waals surface area contributed by atoms with Gasteiger partial charge in [0.15, 0.2) is 0 Å². The molecule has 1 aromatic heterocycles. The van der Waals surface area contributed by atoms with Crippen LogP contribution in [0.2, 0.25) is 0 Å². The van der Waals surface area contributed by atoms with Crippen LogP contribution in [0.3, 0.4) is 0 Å². The lowest BCUT2D eigenvalue weighted by atomic mass is 10.2. The van der Waals surface area contributed by atoms with Crippen molar-refractivity contribution in [2.75, 3.05) is 12.0 Å². The molecular weight excluding hydrogens is 258 g/mol. The van der Waals surface area contributed by atoms with Crippen molar-refractivity contribution in [3.8, 4) is 5.75 Å². The fraction of sp³-hybridized carbons (Fsp3) is 0.286. The van der Waals surface area contributed by atoms with Gasteiger partial charge in [-0.05, 0) is 36.2 Å². The van der Waals surface area contributed by atoms with E-state index in [-0.39, 0.29) is 0 Å². The predicted molar refractivity (Wildman–Crippen MR) is 80.2 cm³/mol. The van der Waals surface area contributed by atoms with Crippen LogP contribution in [0.5, 0.6) is 5.75 Å². The summed E-state index contributed by atoms with van der Waals surface area (Å²) in [4.78, 5) is 4.08. The highest BCUT2D eigenvalue weighted by Gasteiger charge is 1.94. The van der Waals surface area contributed by atoms with E-state index in [1.165, 1.54) is 11.3 Å². The predicted octanol–water partition coefficient (Wildman–Crippen LogP) is 3.77. The van der Waals surface area contributed by atoms with E-state index in [1.807, 2.05) is 29.6 Å². The van der Waals surface area contributed by atoms with E-state index in [2.05, 4.69) is 22.4 Å².